The van der Waals surface area contributed by atoms with Gasteiger partial charge in [-0.05, 0) is 6.07 Å². The molecule has 19 heavy (non-hydrogen) atoms. The van der Waals surface area contributed by atoms with Gasteiger partial charge in [0.05, 0.1) is 5.56 Å². The molecule has 0 spiro atoms. The number of carbonyl (C=O) groups excluding carboxylic acids is 1. The SMILES string of the molecule is CC(=O)N(C)NCc1ccc(C(F)(F)F)c(F)c1F. The van der Waals surface area contributed by atoms with Crippen molar-refractivity contribution in [3.05, 3.63) is 34.9 Å². The van der Waals surface area contributed by atoms with Crippen molar-refractivity contribution in [2.24, 2.45) is 0 Å². The van der Waals surface area contributed by atoms with Gasteiger partial charge in [0.2, 0.25) is 5.91 Å². The summed E-state index contributed by atoms with van der Waals surface area (Å²) in [4.78, 5) is 10.8. The van der Waals surface area contributed by atoms with Gasteiger partial charge < -0.3 is 0 Å². The fourth-order valence-electron chi connectivity index (χ4n) is 1.26. The van der Waals surface area contributed by atoms with E-state index in [1.165, 1.54) is 14.0 Å². The lowest BCUT2D eigenvalue weighted by Crippen LogP contribution is -2.37. The summed E-state index contributed by atoms with van der Waals surface area (Å²) >= 11 is 0. The van der Waals surface area contributed by atoms with E-state index in [1.807, 2.05) is 0 Å². The number of benzene rings is 1. The van der Waals surface area contributed by atoms with E-state index in [9.17, 15) is 26.7 Å². The van der Waals surface area contributed by atoms with Crippen LogP contribution in [0.5, 0.6) is 0 Å². The van der Waals surface area contributed by atoms with Gasteiger partial charge in [-0.1, -0.05) is 6.07 Å². The van der Waals surface area contributed by atoms with Crippen molar-refractivity contribution >= 4 is 5.91 Å². The van der Waals surface area contributed by atoms with Crippen LogP contribution in [0.1, 0.15) is 18.1 Å². The Balaban J connectivity index is 2.95. The summed E-state index contributed by atoms with van der Waals surface area (Å²) in [6.45, 7) is 0.924. The van der Waals surface area contributed by atoms with Crippen LogP contribution in [0.4, 0.5) is 22.0 Å². The van der Waals surface area contributed by atoms with Crippen molar-refractivity contribution in [3.63, 3.8) is 0 Å². The minimum Gasteiger partial charge on any atom is -0.281 e. The average molecular weight is 282 g/mol. The van der Waals surface area contributed by atoms with Crippen LogP contribution < -0.4 is 5.43 Å². The number of hydrazine groups is 1. The van der Waals surface area contributed by atoms with Crippen LogP contribution in [0.2, 0.25) is 0 Å². The van der Waals surface area contributed by atoms with E-state index in [1.54, 1.807) is 0 Å². The molecule has 1 rings (SSSR count). The fraction of sp³-hybridized carbons (Fsp3) is 0.364. The highest BCUT2D eigenvalue weighted by Gasteiger charge is 2.35. The molecule has 1 aromatic rings. The van der Waals surface area contributed by atoms with Crippen molar-refractivity contribution < 1.29 is 26.7 Å². The number of halogens is 5. The van der Waals surface area contributed by atoms with Gasteiger partial charge >= 0.3 is 6.18 Å². The number of hydrogen-bond donors (Lipinski definition) is 1. The number of nitrogens with one attached hydrogen (secondary N) is 1. The molecule has 1 aromatic carbocycles. The molecule has 1 N–H and O–H groups in total. The predicted octanol–water partition coefficient (Wildman–Crippen LogP) is 2.47. The van der Waals surface area contributed by atoms with E-state index in [-0.39, 0.29) is 18.0 Å². The minimum absolute atomic E-state index is 0.307. The van der Waals surface area contributed by atoms with Crippen molar-refractivity contribution in [3.8, 4) is 0 Å². The van der Waals surface area contributed by atoms with Crippen molar-refractivity contribution in [1.29, 1.82) is 0 Å². The third-order valence-corrected chi connectivity index (χ3v) is 2.45. The second-order valence-electron chi connectivity index (χ2n) is 3.81. The van der Waals surface area contributed by atoms with Crippen LogP contribution in [-0.2, 0) is 17.5 Å². The van der Waals surface area contributed by atoms with Crippen LogP contribution in [0, 0.1) is 11.6 Å². The molecule has 0 heterocycles. The Labute approximate surface area is 106 Å². The molecule has 1 amide bonds. The summed E-state index contributed by atoms with van der Waals surface area (Å²) in [5.41, 5.74) is 0.455. The van der Waals surface area contributed by atoms with Crippen LogP contribution in [-0.4, -0.2) is 18.0 Å². The summed E-state index contributed by atoms with van der Waals surface area (Å²) in [6, 6.07) is 1.28. The van der Waals surface area contributed by atoms with Crippen molar-refractivity contribution in [2.75, 3.05) is 7.05 Å². The zero-order valence-corrected chi connectivity index (χ0v) is 10.1. The van der Waals surface area contributed by atoms with Gasteiger partial charge in [-0.15, -0.1) is 0 Å². The molecule has 3 nitrogen and oxygen atoms in total. The van der Waals surface area contributed by atoms with Gasteiger partial charge in [0.25, 0.3) is 0 Å². The number of alkyl halides is 3. The molecule has 0 fully saturated rings. The lowest BCUT2D eigenvalue weighted by atomic mass is 10.1. The monoisotopic (exact) mass is 282 g/mol. The summed E-state index contributed by atoms with van der Waals surface area (Å²) < 4.78 is 63.6. The average Bonchev–Trinajstić information content (AvgIpc) is 2.28. The van der Waals surface area contributed by atoms with E-state index in [2.05, 4.69) is 5.43 Å². The fourth-order valence-corrected chi connectivity index (χ4v) is 1.26. The lowest BCUT2D eigenvalue weighted by Gasteiger charge is -2.17. The number of rotatable bonds is 3. The smallest absolute Gasteiger partial charge is 0.281 e. The van der Waals surface area contributed by atoms with E-state index >= 15 is 0 Å². The third-order valence-electron chi connectivity index (χ3n) is 2.45. The third kappa shape index (κ3) is 3.63. The Kier molecular flexibility index (Phi) is 4.46. The Bertz CT molecular complexity index is 487. The Morgan fingerprint density at radius 2 is 1.84 bits per heavy atom. The molecule has 8 heteroatoms. The quantitative estimate of drug-likeness (QED) is 0.682. The summed E-state index contributed by atoms with van der Waals surface area (Å²) in [5.74, 6) is -3.91. The standard InChI is InChI=1S/C11H11F5N2O/c1-6(19)18(2)17-5-7-3-4-8(11(14,15)16)10(13)9(7)12/h3-4,17H,5H2,1-2H3. The molecular formula is C11H11F5N2O. The largest absolute Gasteiger partial charge is 0.419 e. The zero-order valence-electron chi connectivity index (χ0n) is 10.1. The first-order chi connectivity index (χ1) is 8.64. The van der Waals surface area contributed by atoms with Gasteiger partial charge in [0.15, 0.2) is 11.6 Å². The molecule has 0 aromatic heterocycles. The molecule has 0 aliphatic heterocycles. The maximum Gasteiger partial charge on any atom is 0.419 e. The van der Waals surface area contributed by atoms with E-state index in [4.69, 9.17) is 0 Å². The highest BCUT2D eigenvalue weighted by atomic mass is 19.4. The van der Waals surface area contributed by atoms with Crippen LogP contribution in [0.3, 0.4) is 0 Å². The molecule has 0 aliphatic carbocycles. The second kappa shape index (κ2) is 5.52. The molecule has 106 valence electrons. The van der Waals surface area contributed by atoms with Gasteiger partial charge in [0, 0.05) is 26.1 Å². The highest BCUT2D eigenvalue weighted by Crippen LogP contribution is 2.32. The van der Waals surface area contributed by atoms with Crippen molar-refractivity contribution in [1.82, 2.24) is 10.4 Å². The number of nitrogens with zero attached hydrogens (tertiary/aromatic N) is 1. The maximum atomic E-state index is 13.4. The second-order valence-corrected chi connectivity index (χ2v) is 3.81. The zero-order chi connectivity index (χ0) is 14.8. The highest BCUT2D eigenvalue weighted by molar-refractivity contribution is 5.72. The maximum absolute atomic E-state index is 13.4. The van der Waals surface area contributed by atoms with E-state index in [0.717, 1.165) is 11.1 Å². The summed E-state index contributed by atoms with van der Waals surface area (Å²) in [5, 5.41) is 1.01. The van der Waals surface area contributed by atoms with Gasteiger partial charge in [-0.2, -0.15) is 13.2 Å². The number of hydrogen-bond acceptors (Lipinski definition) is 2. The predicted molar refractivity (Wildman–Crippen MR) is 56.6 cm³/mol. The molecule has 0 atom stereocenters. The first-order valence-electron chi connectivity index (χ1n) is 5.16. The summed E-state index contributed by atoms with van der Waals surface area (Å²) in [6.07, 6.45) is -4.95. The van der Waals surface area contributed by atoms with E-state index < -0.39 is 23.4 Å². The van der Waals surface area contributed by atoms with Crippen LogP contribution in [0.25, 0.3) is 0 Å². The topological polar surface area (TPSA) is 32.3 Å². The molecule has 0 aliphatic rings. The Morgan fingerprint density at radius 1 is 1.26 bits per heavy atom. The van der Waals surface area contributed by atoms with E-state index in [0.29, 0.717) is 6.07 Å². The molecule has 0 saturated carbocycles. The first kappa shape index (κ1) is 15.4. The number of amides is 1. The molecule has 0 unspecified atom stereocenters. The lowest BCUT2D eigenvalue weighted by molar-refractivity contribution is -0.140. The van der Waals surface area contributed by atoms with Gasteiger partial charge in [0.1, 0.15) is 0 Å². The first-order valence-corrected chi connectivity index (χ1v) is 5.16. The minimum atomic E-state index is -4.95. The normalized spacial score (nSPS) is 11.5. The molecule has 0 bridgehead atoms. The van der Waals surface area contributed by atoms with Crippen LogP contribution in [0.15, 0.2) is 12.1 Å². The Morgan fingerprint density at radius 3 is 2.32 bits per heavy atom. The molecule has 0 radical (unpaired) electrons. The van der Waals surface area contributed by atoms with Crippen molar-refractivity contribution in [2.45, 2.75) is 19.6 Å². The van der Waals surface area contributed by atoms with Crippen LogP contribution >= 0.6 is 0 Å². The Hall–Kier alpha value is -1.70. The van der Waals surface area contributed by atoms with Gasteiger partial charge in [-0.3, -0.25) is 9.80 Å². The summed E-state index contributed by atoms with van der Waals surface area (Å²) in [7, 11) is 1.35. The number of carbonyl (C=O) groups is 1. The molecule has 0 saturated heterocycles. The molecular weight excluding hydrogens is 271 g/mol. The van der Waals surface area contributed by atoms with Gasteiger partial charge in [-0.25, -0.2) is 14.2 Å².